The van der Waals surface area contributed by atoms with Crippen molar-refractivity contribution in [3.8, 4) is 11.5 Å². The number of halogens is 2. The molecule has 11 nitrogen and oxygen atoms in total. The molecule has 1 amide bonds. The van der Waals surface area contributed by atoms with E-state index in [2.05, 4.69) is 30.9 Å². The standard InChI is InChI=1S/C30H24ClFN10O/c1-30(18-9-6-16(7-10-18)8-13-23-37-40-41-38-23)24-26(33)34-28(35-27(24)36-29(30)43)25-20-12-11-19(31)14-22(20)42(39-25)15-17-4-2-3-5-21(17)32/h2-7,9-12,14H,8,13,15H2,1H3,(H,37,38,40,41)(H3,33,34,35,36,43). The van der Waals surface area contributed by atoms with Crippen LogP contribution in [0.5, 0.6) is 0 Å². The smallest absolute Gasteiger partial charge is 0.240 e. The van der Waals surface area contributed by atoms with E-state index in [1.165, 1.54) is 6.07 Å². The van der Waals surface area contributed by atoms with Crippen molar-refractivity contribution in [3.63, 3.8) is 0 Å². The number of aromatic amines is 1. The van der Waals surface area contributed by atoms with Gasteiger partial charge in [-0.3, -0.25) is 9.48 Å². The van der Waals surface area contributed by atoms with Gasteiger partial charge >= 0.3 is 0 Å². The first kappa shape index (κ1) is 26.7. The van der Waals surface area contributed by atoms with Crippen LogP contribution >= 0.6 is 11.6 Å². The summed E-state index contributed by atoms with van der Waals surface area (Å²) in [6.45, 7) is 1.98. The molecule has 13 heteroatoms. The monoisotopic (exact) mass is 594 g/mol. The summed E-state index contributed by atoms with van der Waals surface area (Å²) in [4.78, 5) is 22.8. The number of nitrogen functional groups attached to an aromatic ring is 1. The van der Waals surface area contributed by atoms with Gasteiger partial charge in [-0.1, -0.05) is 59.3 Å². The van der Waals surface area contributed by atoms with E-state index in [0.717, 1.165) is 17.5 Å². The van der Waals surface area contributed by atoms with Crippen molar-refractivity contribution >= 4 is 40.0 Å². The summed E-state index contributed by atoms with van der Waals surface area (Å²) < 4.78 is 16.2. The summed E-state index contributed by atoms with van der Waals surface area (Å²) in [6.07, 6.45) is 1.35. The molecule has 0 spiro atoms. The second kappa shape index (κ2) is 10.2. The molecule has 0 bridgehead atoms. The number of amides is 1. The van der Waals surface area contributed by atoms with Crippen LogP contribution in [0, 0.1) is 5.82 Å². The Labute approximate surface area is 249 Å². The van der Waals surface area contributed by atoms with E-state index in [-0.39, 0.29) is 29.9 Å². The normalized spacial score (nSPS) is 16.0. The number of nitrogens with two attached hydrogens (primary N) is 1. The number of nitrogens with one attached hydrogen (secondary N) is 2. The number of carbonyl (C=O) groups excluding carboxylic acids is 1. The molecule has 43 heavy (non-hydrogen) atoms. The lowest BCUT2D eigenvalue weighted by Gasteiger charge is -2.23. The van der Waals surface area contributed by atoms with Crippen molar-refractivity contribution in [1.29, 1.82) is 0 Å². The summed E-state index contributed by atoms with van der Waals surface area (Å²) in [5.41, 5.74) is 9.36. The number of rotatable bonds is 7. The molecule has 1 aliphatic rings. The Morgan fingerprint density at radius 1 is 1.05 bits per heavy atom. The first-order valence-electron chi connectivity index (χ1n) is 13.5. The molecular weight excluding hydrogens is 571 g/mol. The highest BCUT2D eigenvalue weighted by Gasteiger charge is 2.47. The third-order valence-electron chi connectivity index (χ3n) is 7.88. The number of hydrogen-bond donors (Lipinski definition) is 3. The van der Waals surface area contributed by atoms with E-state index in [1.807, 2.05) is 37.3 Å². The highest BCUT2D eigenvalue weighted by Crippen LogP contribution is 2.45. The second-order valence-electron chi connectivity index (χ2n) is 10.5. The predicted octanol–water partition coefficient (Wildman–Crippen LogP) is 4.47. The van der Waals surface area contributed by atoms with Crippen LogP contribution in [0.1, 0.15) is 35.0 Å². The van der Waals surface area contributed by atoms with E-state index in [0.29, 0.717) is 50.8 Å². The van der Waals surface area contributed by atoms with Crippen LogP contribution in [-0.2, 0) is 29.6 Å². The second-order valence-corrected chi connectivity index (χ2v) is 11.0. The van der Waals surface area contributed by atoms with Gasteiger partial charge in [0.1, 0.15) is 28.6 Å². The lowest BCUT2D eigenvalue weighted by molar-refractivity contribution is -0.119. The molecule has 1 aliphatic heterocycles. The number of anilines is 2. The molecule has 7 rings (SSSR count). The van der Waals surface area contributed by atoms with Crippen LogP contribution in [0.2, 0.25) is 5.02 Å². The minimum Gasteiger partial charge on any atom is -0.383 e. The maximum Gasteiger partial charge on any atom is 0.240 e. The first-order chi connectivity index (χ1) is 20.8. The van der Waals surface area contributed by atoms with Crippen molar-refractivity contribution in [2.45, 2.75) is 31.7 Å². The van der Waals surface area contributed by atoms with Gasteiger partial charge in [-0.15, -0.1) is 10.2 Å². The molecule has 0 radical (unpaired) electrons. The predicted molar refractivity (Wildman–Crippen MR) is 159 cm³/mol. The Hall–Kier alpha value is -5.23. The van der Waals surface area contributed by atoms with Crippen LogP contribution in [0.4, 0.5) is 16.0 Å². The topological polar surface area (TPSA) is 153 Å². The molecule has 214 valence electrons. The number of H-pyrrole nitrogens is 1. The number of carbonyl (C=O) groups is 1. The minimum absolute atomic E-state index is 0.160. The van der Waals surface area contributed by atoms with Gasteiger partial charge in [0, 0.05) is 22.4 Å². The van der Waals surface area contributed by atoms with Crippen LogP contribution < -0.4 is 11.1 Å². The van der Waals surface area contributed by atoms with E-state index < -0.39 is 5.41 Å². The van der Waals surface area contributed by atoms with Crippen LogP contribution in [0.3, 0.4) is 0 Å². The Bertz CT molecular complexity index is 2010. The van der Waals surface area contributed by atoms with Crippen molar-refractivity contribution in [1.82, 2.24) is 40.4 Å². The van der Waals surface area contributed by atoms with E-state index in [1.54, 1.807) is 35.0 Å². The molecule has 6 aromatic rings. The lowest BCUT2D eigenvalue weighted by Crippen LogP contribution is -2.33. The number of aromatic nitrogens is 8. The molecule has 0 saturated heterocycles. The van der Waals surface area contributed by atoms with E-state index >= 15 is 0 Å². The molecule has 4 heterocycles. The fourth-order valence-electron chi connectivity index (χ4n) is 5.56. The van der Waals surface area contributed by atoms with Gasteiger partial charge in [0.25, 0.3) is 0 Å². The summed E-state index contributed by atoms with van der Waals surface area (Å²) in [5, 5.41) is 22.9. The minimum atomic E-state index is -1.11. The molecule has 0 saturated carbocycles. The molecular formula is C30H24ClFN10O. The molecule has 4 N–H and O–H groups in total. The van der Waals surface area contributed by atoms with Crippen LogP contribution in [-0.4, -0.2) is 46.3 Å². The number of fused-ring (bicyclic) bond motifs is 2. The highest BCUT2D eigenvalue weighted by molar-refractivity contribution is 6.31. The van der Waals surface area contributed by atoms with Crippen LogP contribution in [0.25, 0.3) is 22.4 Å². The van der Waals surface area contributed by atoms with Crippen LogP contribution in [0.15, 0.2) is 66.7 Å². The third kappa shape index (κ3) is 4.56. The Morgan fingerprint density at radius 3 is 2.63 bits per heavy atom. The maximum absolute atomic E-state index is 14.5. The zero-order valence-corrected chi connectivity index (χ0v) is 23.6. The maximum atomic E-state index is 14.5. The van der Waals surface area contributed by atoms with Crippen molar-refractivity contribution in [3.05, 3.63) is 106 Å². The molecule has 1 unspecified atom stereocenters. The molecule has 0 aliphatic carbocycles. The number of nitrogens with zero attached hydrogens (tertiary/aromatic N) is 7. The molecule has 1 atom stereocenters. The third-order valence-corrected chi connectivity index (χ3v) is 8.12. The van der Waals surface area contributed by atoms with Crippen molar-refractivity contribution in [2.75, 3.05) is 11.1 Å². The van der Waals surface area contributed by atoms with E-state index in [9.17, 15) is 9.18 Å². The fourth-order valence-corrected chi connectivity index (χ4v) is 5.73. The quantitative estimate of drug-likeness (QED) is 0.245. The summed E-state index contributed by atoms with van der Waals surface area (Å²) in [5.74, 6) is 0.748. The zero-order valence-electron chi connectivity index (χ0n) is 22.8. The summed E-state index contributed by atoms with van der Waals surface area (Å²) in [7, 11) is 0. The lowest BCUT2D eigenvalue weighted by atomic mass is 9.77. The zero-order chi connectivity index (χ0) is 29.7. The Kier molecular flexibility index (Phi) is 6.35. The van der Waals surface area contributed by atoms with Gasteiger partial charge in [-0.05, 0) is 48.7 Å². The largest absolute Gasteiger partial charge is 0.383 e. The average Bonchev–Trinajstić information content (AvgIpc) is 3.71. The van der Waals surface area contributed by atoms with Gasteiger partial charge in [0.05, 0.1) is 17.6 Å². The van der Waals surface area contributed by atoms with Gasteiger partial charge in [-0.2, -0.15) is 10.3 Å². The van der Waals surface area contributed by atoms with E-state index in [4.69, 9.17) is 27.4 Å². The average molecular weight is 595 g/mol. The number of tetrazole rings is 1. The van der Waals surface area contributed by atoms with Gasteiger partial charge in [0.15, 0.2) is 11.6 Å². The molecule has 3 aromatic carbocycles. The number of benzene rings is 3. The molecule has 0 fully saturated rings. The Morgan fingerprint density at radius 2 is 1.86 bits per heavy atom. The Balaban J connectivity index is 1.25. The first-order valence-corrected chi connectivity index (χ1v) is 13.9. The number of hydrogen-bond acceptors (Lipinski definition) is 8. The summed E-state index contributed by atoms with van der Waals surface area (Å²) in [6, 6.07) is 19.6. The van der Waals surface area contributed by atoms with Gasteiger partial charge < -0.3 is 11.1 Å². The van der Waals surface area contributed by atoms with Gasteiger partial charge in [-0.25, -0.2) is 14.4 Å². The molecule has 3 aromatic heterocycles. The van der Waals surface area contributed by atoms with Crippen molar-refractivity contribution in [2.24, 2.45) is 0 Å². The van der Waals surface area contributed by atoms with Crippen molar-refractivity contribution < 1.29 is 9.18 Å². The fraction of sp³-hybridized carbons (Fsp3) is 0.167. The summed E-state index contributed by atoms with van der Waals surface area (Å²) >= 11 is 6.32. The van der Waals surface area contributed by atoms with Gasteiger partial charge in [0.2, 0.25) is 5.91 Å². The highest BCUT2D eigenvalue weighted by atomic mass is 35.5. The number of aryl methyl sites for hydroxylation is 2. The SMILES string of the molecule is CC1(c2ccc(CCc3nn[nH]n3)cc2)C(=O)Nc2nc(-c3nn(Cc4ccccc4F)c4cc(Cl)ccc34)nc(N)c21.